The molecule has 0 spiro atoms. The molecule has 0 saturated carbocycles. The zero-order chi connectivity index (χ0) is 27.8. The summed E-state index contributed by atoms with van der Waals surface area (Å²) in [5.74, 6) is -0.577. The number of benzene rings is 1. The Kier molecular flexibility index (Phi) is 7.19. The Morgan fingerprint density at radius 3 is 2.67 bits per heavy atom. The summed E-state index contributed by atoms with van der Waals surface area (Å²) in [6, 6.07) is 11.6. The zero-order valence-electron chi connectivity index (χ0n) is 20.5. The number of aromatic nitrogens is 3. The first-order valence-electron chi connectivity index (χ1n) is 11.5. The van der Waals surface area contributed by atoms with E-state index in [4.69, 9.17) is 14.9 Å². The average Bonchev–Trinajstić information content (AvgIpc) is 3.60. The normalized spacial score (nSPS) is 11.3. The Labute approximate surface area is 232 Å². The molecule has 0 unspecified atom stereocenters. The third-order valence-corrected chi connectivity index (χ3v) is 7.52. The molecule has 5 aromatic rings. The second-order valence-corrected chi connectivity index (χ2v) is 10.3. The van der Waals surface area contributed by atoms with Crippen molar-refractivity contribution in [2.24, 2.45) is 12.8 Å². The predicted molar refractivity (Wildman–Crippen MR) is 145 cm³/mol. The number of hydrogen-bond acceptors (Lipinski definition) is 7. The number of rotatable bonds is 8. The van der Waals surface area contributed by atoms with Gasteiger partial charge in [-0.25, -0.2) is 13.8 Å². The smallest absolute Gasteiger partial charge is 0.291 e. The topological polar surface area (TPSA) is 125 Å². The van der Waals surface area contributed by atoms with Crippen LogP contribution in [0.2, 0.25) is 0 Å². The van der Waals surface area contributed by atoms with E-state index >= 15 is 0 Å². The lowest BCUT2D eigenvalue weighted by molar-refractivity contribution is 0.0992. The van der Waals surface area contributed by atoms with Crippen LogP contribution in [0.3, 0.4) is 0 Å². The second kappa shape index (κ2) is 10.6. The van der Waals surface area contributed by atoms with Gasteiger partial charge in [0.2, 0.25) is 0 Å². The van der Waals surface area contributed by atoms with E-state index in [2.05, 4.69) is 31.3 Å². The first kappa shape index (κ1) is 26.5. The van der Waals surface area contributed by atoms with Gasteiger partial charge in [-0.15, -0.1) is 11.3 Å². The van der Waals surface area contributed by atoms with Gasteiger partial charge in [0.15, 0.2) is 5.76 Å². The highest BCUT2D eigenvalue weighted by Crippen LogP contribution is 2.43. The summed E-state index contributed by atoms with van der Waals surface area (Å²) >= 11 is 4.22. The fourth-order valence-electron chi connectivity index (χ4n) is 4.06. The zero-order valence-corrected chi connectivity index (χ0v) is 22.9. The number of nitrogens with zero attached hydrogens (tertiary/aromatic N) is 3. The van der Waals surface area contributed by atoms with Gasteiger partial charge in [0, 0.05) is 24.2 Å². The van der Waals surface area contributed by atoms with Crippen molar-refractivity contribution in [3.8, 4) is 16.9 Å². The number of anilines is 1. The van der Waals surface area contributed by atoms with E-state index < -0.39 is 23.9 Å². The number of amides is 2. The minimum atomic E-state index is -2.86. The Morgan fingerprint density at radius 2 is 2.00 bits per heavy atom. The van der Waals surface area contributed by atoms with Crippen LogP contribution in [0.15, 0.2) is 57.6 Å². The molecule has 9 nitrogen and oxygen atoms in total. The number of halogens is 3. The quantitative estimate of drug-likeness (QED) is 0.213. The molecule has 4 aromatic heterocycles. The van der Waals surface area contributed by atoms with Crippen molar-refractivity contribution in [2.45, 2.75) is 20.0 Å². The van der Waals surface area contributed by atoms with E-state index in [0.717, 1.165) is 15.8 Å². The van der Waals surface area contributed by atoms with Crippen LogP contribution >= 0.6 is 27.3 Å². The van der Waals surface area contributed by atoms with Gasteiger partial charge in [0.25, 0.3) is 18.2 Å². The van der Waals surface area contributed by atoms with Gasteiger partial charge in [0.05, 0.1) is 15.9 Å². The van der Waals surface area contributed by atoms with Crippen LogP contribution in [-0.4, -0.2) is 26.6 Å². The number of primary amides is 1. The minimum Gasteiger partial charge on any atom is -0.484 e. The van der Waals surface area contributed by atoms with Crippen LogP contribution in [0.1, 0.15) is 43.8 Å². The lowest BCUT2D eigenvalue weighted by Gasteiger charge is -2.10. The number of carbonyl (C=O) groups excluding carboxylic acids is 2. The van der Waals surface area contributed by atoms with Gasteiger partial charge in [-0.1, -0.05) is 12.1 Å². The number of fused-ring (bicyclic) bond motifs is 1. The highest BCUT2D eigenvalue weighted by Gasteiger charge is 2.27. The molecule has 0 radical (unpaired) electrons. The van der Waals surface area contributed by atoms with Gasteiger partial charge >= 0.3 is 0 Å². The van der Waals surface area contributed by atoms with Crippen molar-refractivity contribution >= 4 is 55.0 Å². The molecule has 0 aliphatic carbocycles. The molecule has 200 valence electrons. The standard InChI is InChI=1S/C26H20BrF2N5O4S/c1-12-15(10-34(2)33-12)14-9-17(23(28)29)31-26-20(14)21(22(39-26)24(30)35)32-25(36)19-8-7-13(38-19)11-37-18-6-4-3-5-16(18)27/h3-10,23H,11H2,1-2H3,(H2,30,35)(H,32,36). The van der Waals surface area contributed by atoms with E-state index in [0.29, 0.717) is 33.7 Å². The maximum Gasteiger partial charge on any atom is 0.291 e. The second-order valence-electron chi connectivity index (χ2n) is 8.49. The molecule has 0 aliphatic rings. The predicted octanol–water partition coefficient (Wildman–Crippen LogP) is 6.23. The van der Waals surface area contributed by atoms with Crippen LogP contribution in [0, 0.1) is 6.92 Å². The largest absolute Gasteiger partial charge is 0.484 e. The van der Waals surface area contributed by atoms with E-state index in [9.17, 15) is 18.4 Å². The first-order valence-corrected chi connectivity index (χ1v) is 13.1. The molecule has 0 aliphatic heterocycles. The molecule has 3 N–H and O–H groups in total. The Bertz CT molecular complexity index is 1730. The number of pyridine rings is 1. The lowest BCUT2D eigenvalue weighted by Crippen LogP contribution is -2.16. The third kappa shape index (κ3) is 5.27. The number of hydrogen-bond donors (Lipinski definition) is 2. The van der Waals surface area contributed by atoms with Crippen LogP contribution in [-0.2, 0) is 13.7 Å². The summed E-state index contributed by atoms with van der Waals surface area (Å²) in [6.45, 7) is 1.79. The van der Waals surface area contributed by atoms with Crippen LogP contribution in [0.25, 0.3) is 21.3 Å². The van der Waals surface area contributed by atoms with E-state index in [-0.39, 0.29) is 27.8 Å². The van der Waals surface area contributed by atoms with Gasteiger partial charge in [-0.2, -0.15) is 5.10 Å². The molecule has 5 rings (SSSR count). The SMILES string of the molecule is Cc1nn(C)cc1-c1cc(C(F)F)nc2sc(C(N)=O)c(NC(=O)c3ccc(COc4ccccc4Br)o3)c12. The number of para-hydroxylation sites is 1. The van der Waals surface area contributed by atoms with Crippen molar-refractivity contribution in [3.05, 3.63) is 80.9 Å². The number of alkyl halides is 2. The highest BCUT2D eigenvalue weighted by atomic mass is 79.9. The summed E-state index contributed by atoms with van der Waals surface area (Å²) < 4.78 is 41.1. The summed E-state index contributed by atoms with van der Waals surface area (Å²) in [4.78, 5) is 29.7. The maximum atomic E-state index is 13.7. The molecule has 13 heteroatoms. The maximum absolute atomic E-state index is 13.7. The van der Waals surface area contributed by atoms with E-state index in [1.807, 2.05) is 18.2 Å². The third-order valence-electron chi connectivity index (χ3n) is 5.76. The molecule has 0 saturated heterocycles. The first-order chi connectivity index (χ1) is 18.6. The van der Waals surface area contributed by atoms with Gasteiger partial charge < -0.3 is 20.2 Å². The van der Waals surface area contributed by atoms with E-state index in [1.54, 1.807) is 37.0 Å². The fourth-order valence-corrected chi connectivity index (χ4v) is 5.48. The van der Waals surface area contributed by atoms with Crippen molar-refractivity contribution in [1.29, 1.82) is 0 Å². The number of nitrogens with two attached hydrogens (primary N) is 1. The molecule has 2 amide bonds. The summed E-state index contributed by atoms with van der Waals surface area (Å²) in [5.41, 5.74) is 6.63. The highest BCUT2D eigenvalue weighted by molar-refractivity contribution is 9.10. The number of nitrogens with one attached hydrogen (secondary N) is 1. The average molecular weight is 616 g/mol. The van der Waals surface area contributed by atoms with Gasteiger partial charge in [-0.05, 0) is 58.7 Å². The molecule has 39 heavy (non-hydrogen) atoms. The van der Waals surface area contributed by atoms with E-state index in [1.165, 1.54) is 12.1 Å². The Balaban J connectivity index is 1.52. The Morgan fingerprint density at radius 1 is 1.23 bits per heavy atom. The molecule has 0 fully saturated rings. The number of thiophene rings is 1. The molecular weight excluding hydrogens is 596 g/mol. The monoisotopic (exact) mass is 615 g/mol. The van der Waals surface area contributed by atoms with Crippen LogP contribution < -0.4 is 15.8 Å². The van der Waals surface area contributed by atoms with Crippen LogP contribution in [0.4, 0.5) is 14.5 Å². The fraction of sp³-hybridized carbons (Fsp3) is 0.154. The Hall–Kier alpha value is -4.10. The molecule has 4 heterocycles. The number of carbonyl (C=O) groups is 2. The minimum absolute atomic E-state index is 0.0379. The van der Waals surface area contributed by atoms with Crippen molar-refractivity contribution < 1.29 is 27.5 Å². The molecular formula is C26H20BrF2N5O4S. The lowest BCUT2D eigenvalue weighted by atomic mass is 10.0. The van der Waals surface area contributed by atoms with Crippen molar-refractivity contribution in [2.75, 3.05) is 5.32 Å². The van der Waals surface area contributed by atoms with Crippen LogP contribution in [0.5, 0.6) is 5.75 Å². The summed E-state index contributed by atoms with van der Waals surface area (Å²) in [5, 5.41) is 7.28. The molecule has 0 atom stereocenters. The number of furan rings is 1. The number of ether oxygens (including phenoxy) is 1. The van der Waals surface area contributed by atoms with Crippen molar-refractivity contribution in [1.82, 2.24) is 14.8 Å². The summed E-state index contributed by atoms with van der Waals surface area (Å²) in [6.07, 6.45) is -1.20. The summed E-state index contributed by atoms with van der Waals surface area (Å²) in [7, 11) is 1.70. The molecule has 1 aromatic carbocycles. The molecule has 0 bridgehead atoms. The van der Waals surface area contributed by atoms with Gasteiger partial charge in [-0.3, -0.25) is 14.3 Å². The van der Waals surface area contributed by atoms with Crippen molar-refractivity contribution in [3.63, 3.8) is 0 Å². The van der Waals surface area contributed by atoms with Gasteiger partial charge in [0.1, 0.15) is 33.5 Å². The number of aryl methyl sites for hydroxylation is 2.